The minimum absolute atomic E-state index is 0.121. The third kappa shape index (κ3) is 5.70. The van der Waals surface area contributed by atoms with Gasteiger partial charge in [-0.05, 0) is 35.4 Å². The standard InChI is InChI=1S/C24H14Cl4N4O4/c25-21(23(27)17-7-1-13(11-29)9-19(17)31(33)34)15-3-5-16(6-4-15)22(26)24(28)18-8-2-14(12-30)10-20(18)32(35)36/h1-10,21-24H/t21-,22-,23-,24+/m1/s1. The SMILES string of the molecule is N#Cc1ccc([C@@H](Cl)[C@H](Cl)c2ccc([C@@H](Cl)[C@@H](Cl)c3ccc(C#N)cc3[N+](=O)[O-])cc2)c([N+](=O)[O-])c1. The van der Waals surface area contributed by atoms with E-state index in [9.17, 15) is 20.2 Å². The Kier molecular flexibility index (Phi) is 8.73. The lowest BCUT2D eigenvalue weighted by molar-refractivity contribution is -0.385. The molecule has 0 unspecified atom stereocenters. The van der Waals surface area contributed by atoms with Gasteiger partial charge in [0.2, 0.25) is 0 Å². The number of hydrogen-bond acceptors (Lipinski definition) is 6. The molecule has 8 nitrogen and oxygen atoms in total. The average Bonchev–Trinajstić information content (AvgIpc) is 2.90. The molecule has 3 aromatic carbocycles. The summed E-state index contributed by atoms with van der Waals surface area (Å²) < 4.78 is 0. The van der Waals surface area contributed by atoms with Gasteiger partial charge in [0.15, 0.2) is 0 Å². The molecular weight excluding hydrogens is 550 g/mol. The van der Waals surface area contributed by atoms with Crippen LogP contribution in [0.15, 0.2) is 60.7 Å². The number of hydrogen-bond donors (Lipinski definition) is 0. The second kappa shape index (κ2) is 11.6. The first-order valence-corrected chi connectivity index (χ1v) is 11.9. The summed E-state index contributed by atoms with van der Waals surface area (Å²) in [6.45, 7) is 0. The van der Waals surface area contributed by atoms with Crippen molar-refractivity contribution in [1.82, 2.24) is 0 Å². The maximum absolute atomic E-state index is 11.5. The van der Waals surface area contributed by atoms with Gasteiger partial charge in [0.25, 0.3) is 11.4 Å². The molecule has 0 amide bonds. The fraction of sp³-hybridized carbons (Fsp3) is 0.167. The molecule has 0 bridgehead atoms. The third-order valence-electron chi connectivity index (χ3n) is 5.39. The zero-order valence-corrected chi connectivity index (χ0v) is 21.0. The number of halogens is 4. The van der Waals surface area contributed by atoms with Crippen molar-refractivity contribution in [1.29, 1.82) is 10.5 Å². The van der Waals surface area contributed by atoms with E-state index >= 15 is 0 Å². The molecule has 0 saturated carbocycles. The fourth-order valence-electron chi connectivity index (χ4n) is 3.53. The minimum Gasteiger partial charge on any atom is -0.258 e. The van der Waals surface area contributed by atoms with E-state index in [-0.39, 0.29) is 33.6 Å². The van der Waals surface area contributed by atoms with Crippen molar-refractivity contribution in [3.8, 4) is 12.1 Å². The van der Waals surface area contributed by atoms with Crippen LogP contribution in [0.3, 0.4) is 0 Å². The molecule has 4 atom stereocenters. The lowest BCUT2D eigenvalue weighted by Crippen LogP contribution is -2.06. The Morgan fingerprint density at radius 1 is 0.611 bits per heavy atom. The molecule has 36 heavy (non-hydrogen) atoms. The van der Waals surface area contributed by atoms with Crippen LogP contribution in [-0.4, -0.2) is 9.85 Å². The van der Waals surface area contributed by atoms with Crippen molar-refractivity contribution in [3.63, 3.8) is 0 Å². The van der Waals surface area contributed by atoms with E-state index in [0.717, 1.165) is 12.1 Å². The van der Waals surface area contributed by atoms with Crippen LogP contribution in [0.2, 0.25) is 0 Å². The van der Waals surface area contributed by atoms with Gasteiger partial charge < -0.3 is 0 Å². The summed E-state index contributed by atoms with van der Waals surface area (Å²) in [7, 11) is 0. The van der Waals surface area contributed by atoms with Crippen LogP contribution in [0.1, 0.15) is 54.9 Å². The topological polar surface area (TPSA) is 134 Å². The summed E-state index contributed by atoms with van der Waals surface area (Å²) in [4.78, 5) is 21.7. The van der Waals surface area contributed by atoms with Gasteiger partial charge in [0.05, 0.1) is 54.6 Å². The zero-order valence-electron chi connectivity index (χ0n) is 18.0. The molecule has 182 valence electrons. The van der Waals surface area contributed by atoms with Crippen LogP contribution in [0, 0.1) is 42.9 Å². The fourth-order valence-corrected chi connectivity index (χ4v) is 4.75. The van der Waals surface area contributed by atoms with Crippen LogP contribution in [0.4, 0.5) is 11.4 Å². The normalized spacial score (nSPS) is 14.1. The lowest BCUT2D eigenvalue weighted by Gasteiger charge is -2.20. The molecule has 0 radical (unpaired) electrons. The lowest BCUT2D eigenvalue weighted by atomic mass is 9.97. The van der Waals surface area contributed by atoms with Crippen LogP contribution in [0.5, 0.6) is 0 Å². The minimum atomic E-state index is -0.987. The van der Waals surface area contributed by atoms with Crippen molar-refractivity contribution < 1.29 is 9.85 Å². The molecule has 0 saturated heterocycles. The highest BCUT2D eigenvalue weighted by Gasteiger charge is 2.30. The van der Waals surface area contributed by atoms with E-state index in [1.807, 2.05) is 12.1 Å². The van der Waals surface area contributed by atoms with Gasteiger partial charge in [-0.25, -0.2) is 0 Å². The molecule has 0 aliphatic carbocycles. The Morgan fingerprint density at radius 3 is 1.22 bits per heavy atom. The highest BCUT2D eigenvalue weighted by Crippen LogP contribution is 2.45. The number of nitriles is 2. The van der Waals surface area contributed by atoms with Gasteiger partial charge in [0.1, 0.15) is 0 Å². The monoisotopic (exact) mass is 562 g/mol. The summed E-state index contributed by atoms with van der Waals surface area (Å²) in [5, 5.41) is 37.2. The third-order valence-corrected chi connectivity index (χ3v) is 7.63. The van der Waals surface area contributed by atoms with E-state index in [0.29, 0.717) is 11.1 Å². The first kappa shape index (κ1) is 27.2. The van der Waals surface area contributed by atoms with Crippen molar-refractivity contribution >= 4 is 57.8 Å². The van der Waals surface area contributed by atoms with Gasteiger partial charge in [-0.15, -0.1) is 46.4 Å². The van der Waals surface area contributed by atoms with Crippen molar-refractivity contribution in [2.24, 2.45) is 0 Å². The second-order valence-electron chi connectivity index (χ2n) is 7.56. The smallest absolute Gasteiger partial charge is 0.258 e. The number of nitrogens with zero attached hydrogens (tertiary/aromatic N) is 4. The van der Waals surface area contributed by atoms with E-state index in [2.05, 4.69) is 0 Å². The second-order valence-corrected chi connectivity index (χ2v) is 9.44. The van der Waals surface area contributed by atoms with Crippen LogP contribution >= 0.6 is 46.4 Å². The molecule has 12 heteroatoms. The summed E-state index contributed by atoms with van der Waals surface area (Å²) >= 11 is 26.0. The summed E-state index contributed by atoms with van der Waals surface area (Å²) in [5.74, 6) is 0. The maximum Gasteiger partial charge on any atom is 0.275 e. The molecule has 0 aromatic heterocycles. The van der Waals surface area contributed by atoms with E-state index in [4.69, 9.17) is 56.9 Å². The summed E-state index contributed by atoms with van der Waals surface area (Å²) in [5.41, 5.74) is 1.02. The number of nitro groups is 2. The highest BCUT2D eigenvalue weighted by atomic mass is 35.5. The van der Waals surface area contributed by atoms with E-state index in [1.165, 1.54) is 24.3 Å². The molecule has 3 rings (SSSR count). The van der Waals surface area contributed by atoms with Gasteiger partial charge >= 0.3 is 0 Å². The van der Waals surface area contributed by atoms with Crippen molar-refractivity contribution in [2.75, 3.05) is 0 Å². The first-order valence-electron chi connectivity index (χ1n) is 10.1. The van der Waals surface area contributed by atoms with Crippen LogP contribution < -0.4 is 0 Å². The van der Waals surface area contributed by atoms with Crippen molar-refractivity contribution in [2.45, 2.75) is 21.5 Å². The van der Waals surface area contributed by atoms with Crippen molar-refractivity contribution in [3.05, 3.63) is 114 Å². The molecule has 0 fully saturated rings. The van der Waals surface area contributed by atoms with Gasteiger partial charge in [0, 0.05) is 23.3 Å². The van der Waals surface area contributed by atoms with E-state index in [1.54, 1.807) is 24.3 Å². The molecule has 0 spiro atoms. The predicted octanol–water partition coefficient (Wildman–Crippen LogP) is 7.77. The van der Waals surface area contributed by atoms with Gasteiger partial charge in [-0.3, -0.25) is 20.2 Å². The van der Waals surface area contributed by atoms with Crippen LogP contribution in [0.25, 0.3) is 0 Å². The molecule has 3 aromatic rings. The first-order chi connectivity index (χ1) is 17.1. The average molecular weight is 564 g/mol. The Hall–Kier alpha value is -3.40. The number of rotatable bonds is 8. The quantitative estimate of drug-likeness (QED) is 0.156. The molecule has 0 aliphatic heterocycles. The van der Waals surface area contributed by atoms with Gasteiger partial charge in [-0.1, -0.05) is 24.3 Å². The predicted molar refractivity (Wildman–Crippen MR) is 136 cm³/mol. The number of nitro benzene ring substituents is 2. The van der Waals surface area contributed by atoms with Crippen LogP contribution in [-0.2, 0) is 0 Å². The van der Waals surface area contributed by atoms with E-state index < -0.39 is 31.4 Å². The molecule has 0 aliphatic rings. The Labute approximate surface area is 225 Å². The Balaban J connectivity index is 1.85. The zero-order chi connectivity index (χ0) is 26.6. The largest absolute Gasteiger partial charge is 0.275 e. The summed E-state index contributed by atoms with van der Waals surface area (Å²) in [6, 6.07) is 18.1. The number of benzene rings is 3. The Morgan fingerprint density at radius 2 is 0.944 bits per heavy atom. The molecule has 0 heterocycles. The summed E-state index contributed by atoms with van der Waals surface area (Å²) in [6.07, 6.45) is 0. The highest BCUT2D eigenvalue weighted by molar-refractivity contribution is 6.31. The Bertz CT molecular complexity index is 1300. The maximum atomic E-state index is 11.5. The molecular formula is C24H14Cl4N4O4. The number of alkyl halides is 4. The van der Waals surface area contributed by atoms with Gasteiger partial charge in [-0.2, -0.15) is 10.5 Å². The molecule has 0 N–H and O–H groups in total.